The topological polar surface area (TPSA) is 116 Å². The molecule has 0 amide bonds. The van der Waals surface area contributed by atoms with Crippen LogP contribution in [0.2, 0.25) is 0 Å². The maximum absolute atomic E-state index is 13.6. The summed E-state index contributed by atoms with van der Waals surface area (Å²) in [4.78, 5) is 19.9. The van der Waals surface area contributed by atoms with E-state index < -0.39 is 15.8 Å². The van der Waals surface area contributed by atoms with Crippen LogP contribution in [-0.4, -0.2) is 69.8 Å². The second-order valence-electron chi connectivity index (χ2n) is 10.3. The highest BCUT2D eigenvalue weighted by atomic mass is 32.2. The van der Waals surface area contributed by atoms with Crippen LogP contribution in [0.4, 0.5) is 10.1 Å². The Balaban J connectivity index is 1.48. The van der Waals surface area contributed by atoms with Gasteiger partial charge in [-0.2, -0.15) is 9.49 Å². The number of halogens is 1. The van der Waals surface area contributed by atoms with Crippen molar-refractivity contribution in [2.75, 3.05) is 30.6 Å². The summed E-state index contributed by atoms with van der Waals surface area (Å²) in [5, 5.41) is 5.53. The van der Waals surface area contributed by atoms with Crippen LogP contribution in [0.5, 0.6) is 5.75 Å². The molecular formula is C29H28FN7O3S. The second-order valence-corrected chi connectivity index (χ2v) is 12.5. The molecule has 0 unspecified atom stereocenters. The number of methoxy groups -OCH3 is 1. The minimum atomic E-state index is -3.10. The lowest BCUT2D eigenvalue weighted by atomic mass is 9.91. The van der Waals surface area contributed by atoms with Gasteiger partial charge in [0.1, 0.15) is 15.6 Å². The van der Waals surface area contributed by atoms with Crippen molar-refractivity contribution in [3.8, 4) is 34.1 Å². The molecule has 1 fully saturated rings. The van der Waals surface area contributed by atoms with E-state index in [0.717, 1.165) is 27.8 Å². The molecule has 0 saturated carbocycles. The monoisotopic (exact) mass is 573 g/mol. The fourth-order valence-corrected chi connectivity index (χ4v) is 6.47. The van der Waals surface area contributed by atoms with Gasteiger partial charge in [0.15, 0.2) is 5.82 Å². The lowest BCUT2D eigenvalue weighted by Gasteiger charge is -2.48. The Labute approximate surface area is 236 Å². The Hall–Kier alpha value is -4.45. The van der Waals surface area contributed by atoms with E-state index in [1.165, 1.54) is 18.5 Å². The highest BCUT2D eigenvalue weighted by Gasteiger charge is 2.38. The van der Waals surface area contributed by atoms with Gasteiger partial charge >= 0.3 is 0 Å². The molecule has 10 nitrogen and oxygen atoms in total. The minimum absolute atomic E-state index is 0.00428. The van der Waals surface area contributed by atoms with Crippen molar-refractivity contribution >= 4 is 26.4 Å². The van der Waals surface area contributed by atoms with E-state index in [-0.39, 0.29) is 17.7 Å². The zero-order chi connectivity index (χ0) is 28.9. The number of ether oxygens (including phenoxy) is 1. The van der Waals surface area contributed by atoms with Crippen molar-refractivity contribution in [2.24, 2.45) is 5.92 Å². The van der Waals surface area contributed by atoms with Gasteiger partial charge < -0.3 is 9.64 Å². The van der Waals surface area contributed by atoms with Gasteiger partial charge in [-0.1, -0.05) is 0 Å². The molecule has 41 heavy (non-hydrogen) atoms. The molecule has 5 aromatic rings. The number of hydrogen-bond donors (Lipinski definition) is 0. The summed E-state index contributed by atoms with van der Waals surface area (Å²) in [5.74, 6) is 0.774. The van der Waals surface area contributed by atoms with Crippen molar-refractivity contribution < 1.29 is 17.5 Å². The van der Waals surface area contributed by atoms with Gasteiger partial charge in [-0.25, -0.2) is 23.1 Å². The first-order chi connectivity index (χ1) is 19.6. The molecule has 5 aromatic heterocycles. The zero-order valence-corrected chi connectivity index (χ0v) is 23.8. The molecule has 1 saturated heterocycles. The number of sulfone groups is 1. The molecule has 0 spiro atoms. The van der Waals surface area contributed by atoms with Gasteiger partial charge in [0.25, 0.3) is 0 Å². The van der Waals surface area contributed by atoms with E-state index in [2.05, 4.69) is 20.0 Å². The Bertz CT molecular complexity index is 1880. The molecule has 6 rings (SSSR count). The Morgan fingerprint density at radius 3 is 2.61 bits per heavy atom. The van der Waals surface area contributed by atoms with Crippen molar-refractivity contribution in [3.05, 3.63) is 72.8 Å². The van der Waals surface area contributed by atoms with Gasteiger partial charge in [-0.05, 0) is 44.2 Å². The lowest BCUT2D eigenvalue weighted by molar-refractivity contribution is 0.341. The molecule has 0 radical (unpaired) electrons. The maximum Gasteiger partial charge on any atom is 0.212 e. The highest BCUT2D eigenvalue weighted by molar-refractivity contribution is 7.90. The summed E-state index contributed by atoms with van der Waals surface area (Å²) >= 11 is 0. The largest absolute Gasteiger partial charge is 0.496 e. The van der Waals surface area contributed by atoms with Gasteiger partial charge in [-0.3, -0.25) is 9.97 Å². The van der Waals surface area contributed by atoms with Gasteiger partial charge in [0, 0.05) is 71.7 Å². The molecule has 0 N–H and O–H groups in total. The number of anilines is 1. The predicted octanol–water partition coefficient (Wildman–Crippen LogP) is 4.26. The van der Waals surface area contributed by atoms with Crippen LogP contribution >= 0.6 is 0 Å². The number of nitrogens with zero attached hydrogens (tertiary/aromatic N) is 7. The number of pyridine rings is 4. The lowest BCUT2D eigenvalue weighted by Crippen LogP contribution is -2.57. The van der Waals surface area contributed by atoms with Crippen LogP contribution in [0.15, 0.2) is 61.2 Å². The van der Waals surface area contributed by atoms with Gasteiger partial charge in [-0.15, -0.1) is 0 Å². The average molecular weight is 574 g/mol. The fraction of sp³-hybridized carbons (Fsp3) is 0.276. The van der Waals surface area contributed by atoms with Crippen molar-refractivity contribution in [3.63, 3.8) is 0 Å². The van der Waals surface area contributed by atoms with E-state index in [1.807, 2.05) is 32.0 Å². The van der Waals surface area contributed by atoms with E-state index in [4.69, 9.17) is 14.7 Å². The second kappa shape index (κ2) is 10.2. The van der Waals surface area contributed by atoms with E-state index >= 15 is 0 Å². The molecule has 210 valence electrons. The summed E-state index contributed by atoms with van der Waals surface area (Å²) in [5.41, 5.74) is 5.10. The first kappa shape index (κ1) is 26.8. The summed E-state index contributed by atoms with van der Waals surface area (Å²) in [6, 6.07) is 10.5. The Morgan fingerprint density at radius 1 is 1.07 bits per heavy atom. The molecule has 1 aliphatic heterocycles. The molecule has 0 aliphatic carbocycles. The molecule has 2 atom stereocenters. The van der Waals surface area contributed by atoms with Crippen LogP contribution < -0.4 is 9.64 Å². The Morgan fingerprint density at radius 2 is 1.90 bits per heavy atom. The molecule has 0 aromatic carbocycles. The molecule has 0 bridgehead atoms. The number of aryl methyl sites for hydroxylation is 1. The van der Waals surface area contributed by atoms with Crippen LogP contribution in [0.25, 0.3) is 39.2 Å². The summed E-state index contributed by atoms with van der Waals surface area (Å²) in [6.45, 7) is 4.53. The highest BCUT2D eigenvalue weighted by Crippen LogP contribution is 2.36. The molecule has 6 heterocycles. The first-order valence-corrected chi connectivity index (χ1v) is 15.1. The smallest absolute Gasteiger partial charge is 0.212 e. The third-order valence-corrected chi connectivity index (χ3v) is 8.56. The number of fused-ring (bicyclic) bond motifs is 1. The van der Waals surface area contributed by atoms with Crippen LogP contribution in [0.1, 0.15) is 12.6 Å². The normalized spacial score (nSPS) is 17.0. The molecule has 12 heteroatoms. The van der Waals surface area contributed by atoms with E-state index in [0.29, 0.717) is 35.1 Å². The zero-order valence-electron chi connectivity index (χ0n) is 23.0. The maximum atomic E-state index is 13.6. The van der Waals surface area contributed by atoms with E-state index in [9.17, 15) is 12.8 Å². The number of aromatic nitrogens is 6. The third kappa shape index (κ3) is 5.10. The van der Waals surface area contributed by atoms with Gasteiger partial charge in [0.2, 0.25) is 5.95 Å². The SMILES string of the molecule is COc1ccncc1-c1cc2c(cnn2-c2cc(N3C[C@H](CS(C)(=O)=O)[C@H]3C)cc(-c3ccc(F)nc3)n2)c(C)n1. The first-order valence-electron chi connectivity index (χ1n) is 13.0. The number of hydrogen-bond acceptors (Lipinski definition) is 9. The molecule has 1 aliphatic rings. The Kier molecular flexibility index (Phi) is 6.65. The van der Waals surface area contributed by atoms with Crippen molar-refractivity contribution in [1.29, 1.82) is 0 Å². The van der Waals surface area contributed by atoms with E-state index in [1.54, 1.807) is 42.5 Å². The van der Waals surface area contributed by atoms with Crippen LogP contribution in [0.3, 0.4) is 0 Å². The van der Waals surface area contributed by atoms with Crippen LogP contribution in [0, 0.1) is 18.8 Å². The summed E-state index contributed by atoms with van der Waals surface area (Å²) in [7, 11) is -1.49. The predicted molar refractivity (Wildman–Crippen MR) is 154 cm³/mol. The van der Waals surface area contributed by atoms with Crippen molar-refractivity contribution in [2.45, 2.75) is 19.9 Å². The third-order valence-electron chi connectivity index (χ3n) is 7.53. The summed E-state index contributed by atoms with van der Waals surface area (Å²) in [6.07, 6.45) is 7.84. The summed E-state index contributed by atoms with van der Waals surface area (Å²) < 4.78 is 44.8. The fourth-order valence-electron chi connectivity index (χ4n) is 5.31. The quantitative estimate of drug-likeness (QED) is 0.263. The standard InChI is InChI=1S/C29H28FN7O3S/c1-17-22-14-33-37(26(22)11-25(34-17)23-13-31-8-7-27(23)40-3)29-10-21(36-15-20(18(36)2)16-41(4,38)39)9-24(35-29)19-5-6-28(30)32-12-19/h5-14,18,20H,15-16H2,1-4H3/t18-,20-/m1/s1. The minimum Gasteiger partial charge on any atom is -0.496 e. The molecular weight excluding hydrogens is 545 g/mol. The number of rotatable bonds is 7. The van der Waals surface area contributed by atoms with Gasteiger partial charge in [0.05, 0.1) is 41.5 Å². The van der Waals surface area contributed by atoms with Crippen molar-refractivity contribution in [1.82, 2.24) is 29.7 Å². The average Bonchev–Trinajstić information content (AvgIpc) is 3.39. The van der Waals surface area contributed by atoms with Crippen LogP contribution in [-0.2, 0) is 9.84 Å².